The van der Waals surface area contributed by atoms with Crippen LogP contribution >= 0.6 is 0 Å². The van der Waals surface area contributed by atoms with Crippen molar-refractivity contribution in [3.63, 3.8) is 0 Å². The van der Waals surface area contributed by atoms with Gasteiger partial charge in [0.05, 0.1) is 7.11 Å². The summed E-state index contributed by atoms with van der Waals surface area (Å²) in [6.45, 7) is 4.30. The zero-order valence-electron chi connectivity index (χ0n) is 10.0. The third-order valence-corrected chi connectivity index (χ3v) is 3.39. The maximum atomic E-state index is 6.02. The minimum atomic E-state index is 0.349. The van der Waals surface area contributed by atoms with E-state index in [-0.39, 0.29) is 0 Å². The fourth-order valence-electron chi connectivity index (χ4n) is 2.21. The molecule has 1 aromatic carbocycles. The predicted octanol–water partition coefficient (Wildman–Crippen LogP) is 1.87. The summed E-state index contributed by atoms with van der Waals surface area (Å²) in [4.78, 5) is 2.39. The van der Waals surface area contributed by atoms with E-state index < -0.39 is 0 Å². The number of ether oxygens (including phenoxy) is 1. The highest BCUT2D eigenvalue weighted by Gasteiger charge is 2.23. The Kier molecular flexibility index (Phi) is 3.34. The lowest BCUT2D eigenvalue weighted by Crippen LogP contribution is -2.45. The van der Waals surface area contributed by atoms with E-state index in [2.05, 4.69) is 24.0 Å². The second-order valence-electron chi connectivity index (χ2n) is 4.58. The number of anilines is 1. The minimum absolute atomic E-state index is 0.349. The molecule has 0 spiro atoms. The molecule has 2 N–H and O–H groups in total. The maximum absolute atomic E-state index is 6.02. The van der Waals surface area contributed by atoms with Gasteiger partial charge in [-0.3, -0.25) is 0 Å². The Morgan fingerprint density at radius 1 is 1.44 bits per heavy atom. The van der Waals surface area contributed by atoms with Gasteiger partial charge in [0, 0.05) is 30.9 Å². The third kappa shape index (κ3) is 2.30. The van der Waals surface area contributed by atoms with Gasteiger partial charge in [-0.15, -0.1) is 0 Å². The van der Waals surface area contributed by atoms with Crippen LogP contribution in [-0.2, 0) is 0 Å². The Hall–Kier alpha value is -1.22. The van der Waals surface area contributed by atoms with Gasteiger partial charge in [0.1, 0.15) is 5.75 Å². The van der Waals surface area contributed by atoms with Crippen LogP contribution in [0.15, 0.2) is 24.3 Å². The van der Waals surface area contributed by atoms with Crippen LogP contribution in [0.25, 0.3) is 0 Å². The van der Waals surface area contributed by atoms with Gasteiger partial charge in [0.15, 0.2) is 0 Å². The Morgan fingerprint density at radius 3 is 2.94 bits per heavy atom. The molecule has 0 aliphatic carbocycles. The van der Waals surface area contributed by atoms with E-state index in [9.17, 15) is 0 Å². The van der Waals surface area contributed by atoms with Crippen LogP contribution in [0.1, 0.15) is 13.3 Å². The topological polar surface area (TPSA) is 38.5 Å². The van der Waals surface area contributed by atoms with E-state index in [1.165, 1.54) is 5.69 Å². The second kappa shape index (κ2) is 4.74. The average molecular weight is 220 g/mol. The summed E-state index contributed by atoms with van der Waals surface area (Å²) in [5.74, 6) is 1.47. The Bertz CT molecular complexity index is 354. The molecule has 3 heteroatoms. The van der Waals surface area contributed by atoms with Crippen LogP contribution in [0.2, 0.25) is 0 Å². The molecule has 3 nitrogen and oxygen atoms in total. The van der Waals surface area contributed by atoms with Crippen LogP contribution in [0, 0.1) is 5.92 Å². The molecule has 1 aliphatic heterocycles. The molecule has 1 saturated heterocycles. The average Bonchev–Trinajstić information content (AvgIpc) is 2.33. The predicted molar refractivity (Wildman–Crippen MR) is 67.0 cm³/mol. The van der Waals surface area contributed by atoms with Gasteiger partial charge >= 0.3 is 0 Å². The zero-order chi connectivity index (χ0) is 11.5. The highest BCUT2D eigenvalue weighted by Crippen LogP contribution is 2.25. The van der Waals surface area contributed by atoms with Gasteiger partial charge in [-0.05, 0) is 24.5 Å². The van der Waals surface area contributed by atoms with E-state index >= 15 is 0 Å². The molecule has 0 saturated carbocycles. The first-order valence-electron chi connectivity index (χ1n) is 5.85. The number of hydrogen-bond acceptors (Lipinski definition) is 3. The van der Waals surface area contributed by atoms with Crippen molar-refractivity contribution in [2.45, 2.75) is 19.4 Å². The number of hydrogen-bond donors (Lipinski definition) is 1. The molecule has 2 unspecified atom stereocenters. The number of piperidine rings is 1. The fourth-order valence-corrected chi connectivity index (χ4v) is 2.21. The van der Waals surface area contributed by atoms with Crippen molar-refractivity contribution in [3.8, 4) is 5.75 Å². The quantitative estimate of drug-likeness (QED) is 0.827. The van der Waals surface area contributed by atoms with Gasteiger partial charge in [0.25, 0.3) is 0 Å². The first-order valence-corrected chi connectivity index (χ1v) is 5.85. The van der Waals surface area contributed by atoms with E-state index in [4.69, 9.17) is 10.5 Å². The van der Waals surface area contributed by atoms with Crippen molar-refractivity contribution >= 4 is 5.69 Å². The van der Waals surface area contributed by atoms with E-state index in [0.717, 1.165) is 25.3 Å². The number of nitrogens with two attached hydrogens (primary N) is 1. The molecular weight excluding hydrogens is 200 g/mol. The highest BCUT2D eigenvalue weighted by molar-refractivity contribution is 5.51. The summed E-state index contributed by atoms with van der Waals surface area (Å²) < 4.78 is 5.24. The van der Waals surface area contributed by atoms with E-state index in [1.807, 2.05) is 12.1 Å². The molecule has 2 rings (SSSR count). The van der Waals surface area contributed by atoms with Crippen molar-refractivity contribution < 1.29 is 4.74 Å². The molecule has 1 fully saturated rings. The number of rotatable bonds is 2. The van der Waals surface area contributed by atoms with Gasteiger partial charge in [0.2, 0.25) is 0 Å². The SMILES string of the molecule is COc1cccc(N2CCC(N)C(C)C2)c1. The molecule has 0 aromatic heterocycles. The molecular formula is C13H20N2O. The molecule has 0 bridgehead atoms. The molecule has 1 heterocycles. The highest BCUT2D eigenvalue weighted by atomic mass is 16.5. The minimum Gasteiger partial charge on any atom is -0.497 e. The van der Waals surface area contributed by atoms with Gasteiger partial charge in [-0.2, -0.15) is 0 Å². The van der Waals surface area contributed by atoms with Crippen LogP contribution in [0.5, 0.6) is 5.75 Å². The number of methoxy groups -OCH3 is 1. The normalized spacial score (nSPS) is 25.6. The second-order valence-corrected chi connectivity index (χ2v) is 4.58. The standard InChI is InChI=1S/C13H20N2O/c1-10-9-15(7-6-13(10)14)11-4-3-5-12(8-11)16-2/h3-5,8,10,13H,6-7,9,14H2,1-2H3. The van der Waals surface area contributed by atoms with Crippen molar-refractivity contribution in [1.29, 1.82) is 0 Å². The Balaban J connectivity index is 2.12. The summed E-state index contributed by atoms with van der Waals surface area (Å²) in [5, 5.41) is 0. The van der Waals surface area contributed by atoms with E-state index in [1.54, 1.807) is 7.11 Å². The lowest BCUT2D eigenvalue weighted by molar-refractivity contribution is 0.382. The van der Waals surface area contributed by atoms with Crippen LogP contribution in [-0.4, -0.2) is 26.2 Å². The molecule has 88 valence electrons. The van der Waals surface area contributed by atoms with Crippen molar-refractivity contribution in [2.24, 2.45) is 11.7 Å². The lowest BCUT2D eigenvalue weighted by atomic mass is 9.94. The summed E-state index contributed by atoms with van der Waals surface area (Å²) >= 11 is 0. The maximum Gasteiger partial charge on any atom is 0.120 e. The summed E-state index contributed by atoms with van der Waals surface area (Å²) in [6, 6.07) is 8.58. The Morgan fingerprint density at radius 2 is 2.25 bits per heavy atom. The van der Waals surface area contributed by atoms with Crippen molar-refractivity contribution in [2.75, 3.05) is 25.1 Å². The summed E-state index contributed by atoms with van der Waals surface area (Å²) in [7, 11) is 1.70. The van der Waals surface area contributed by atoms with Gasteiger partial charge < -0.3 is 15.4 Å². The molecule has 0 amide bonds. The van der Waals surface area contributed by atoms with Crippen LogP contribution < -0.4 is 15.4 Å². The van der Waals surface area contributed by atoms with Crippen LogP contribution in [0.3, 0.4) is 0 Å². The molecule has 2 atom stereocenters. The number of nitrogens with zero attached hydrogens (tertiary/aromatic N) is 1. The smallest absolute Gasteiger partial charge is 0.120 e. The van der Waals surface area contributed by atoms with Crippen LogP contribution in [0.4, 0.5) is 5.69 Å². The monoisotopic (exact) mass is 220 g/mol. The number of benzene rings is 1. The van der Waals surface area contributed by atoms with E-state index in [0.29, 0.717) is 12.0 Å². The summed E-state index contributed by atoms with van der Waals surface area (Å²) in [6.07, 6.45) is 1.07. The fraction of sp³-hybridized carbons (Fsp3) is 0.538. The first kappa shape index (κ1) is 11.3. The molecule has 1 aromatic rings. The zero-order valence-corrected chi connectivity index (χ0v) is 10.0. The molecule has 0 radical (unpaired) electrons. The van der Waals surface area contributed by atoms with Crippen molar-refractivity contribution in [3.05, 3.63) is 24.3 Å². The first-order chi connectivity index (χ1) is 7.70. The third-order valence-electron chi connectivity index (χ3n) is 3.39. The summed E-state index contributed by atoms with van der Waals surface area (Å²) in [5.41, 5.74) is 7.26. The van der Waals surface area contributed by atoms with Gasteiger partial charge in [-0.1, -0.05) is 13.0 Å². The van der Waals surface area contributed by atoms with Gasteiger partial charge in [-0.25, -0.2) is 0 Å². The largest absolute Gasteiger partial charge is 0.497 e. The van der Waals surface area contributed by atoms with Crippen molar-refractivity contribution in [1.82, 2.24) is 0 Å². The molecule has 16 heavy (non-hydrogen) atoms. The lowest BCUT2D eigenvalue weighted by Gasteiger charge is -2.36. The Labute approximate surface area is 97.2 Å². The molecule has 1 aliphatic rings.